The van der Waals surface area contributed by atoms with E-state index in [9.17, 15) is 4.79 Å². The van der Waals surface area contributed by atoms with Gasteiger partial charge < -0.3 is 10.4 Å². The lowest BCUT2D eigenvalue weighted by Gasteiger charge is -2.10. The number of aromatic nitrogens is 1. The highest BCUT2D eigenvalue weighted by Crippen LogP contribution is 2.23. The Kier molecular flexibility index (Phi) is 3.51. The molecule has 0 atom stereocenters. The maximum Gasteiger partial charge on any atom is 0.358 e. The summed E-state index contributed by atoms with van der Waals surface area (Å²) in [5.41, 5.74) is 8.40. The monoisotopic (exact) mass is 256 g/mol. The first-order valence-electron chi connectivity index (χ1n) is 5.56. The number of pyridine rings is 1. The predicted octanol–water partition coefficient (Wildman–Crippen LogP) is 2.99. The van der Waals surface area contributed by atoms with Gasteiger partial charge in [-0.25, -0.2) is 10.3 Å². The van der Waals surface area contributed by atoms with Gasteiger partial charge in [0.25, 0.3) is 0 Å². The summed E-state index contributed by atoms with van der Waals surface area (Å²) in [6.45, 7) is 1.57. The van der Waals surface area contributed by atoms with Crippen LogP contribution in [-0.2, 0) is 4.79 Å². The van der Waals surface area contributed by atoms with Crippen molar-refractivity contribution in [3.05, 3.63) is 47.9 Å². The number of benzene rings is 1. The normalized spacial score (nSPS) is 11.8. The maximum atomic E-state index is 10.9. The Labute approximate surface area is 109 Å². The van der Waals surface area contributed by atoms with Crippen LogP contribution in [0.3, 0.4) is 0 Å². The number of fused-ring (bicyclic) bond motifs is 1. The first kappa shape index (κ1) is 12.7. The van der Waals surface area contributed by atoms with Crippen molar-refractivity contribution in [3.8, 4) is 0 Å². The number of carbonyl (C=O) groups is 1. The van der Waals surface area contributed by atoms with Gasteiger partial charge in [0.1, 0.15) is 0 Å². The summed E-state index contributed by atoms with van der Waals surface area (Å²) in [6, 6.07) is 9.20. The number of carboxylic acids is 1. The number of nitrogens with one attached hydrogen (secondary N) is 2. The zero-order valence-corrected chi connectivity index (χ0v) is 10.2. The van der Waals surface area contributed by atoms with Crippen molar-refractivity contribution in [2.24, 2.45) is 5.11 Å². The SMILES string of the molecule is C/C(Nc1cccc2ncccc12)=C(/N=N)C(=O)O. The second-order valence-corrected chi connectivity index (χ2v) is 3.89. The molecule has 0 radical (unpaired) electrons. The van der Waals surface area contributed by atoms with Gasteiger partial charge in [-0.05, 0) is 31.2 Å². The summed E-state index contributed by atoms with van der Waals surface area (Å²) in [5.74, 6) is -1.24. The zero-order valence-electron chi connectivity index (χ0n) is 10.2. The number of hydrogen-bond donors (Lipinski definition) is 3. The highest BCUT2D eigenvalue weighted by atomic mass is 16.4. The summed E-state index contributed by atoms with van der Waals surface area (Å²) in [7, 11) is 0. The largest absolute Gasteiger partial charge is 0.476 e. The van der Waals surface area contributed by atoms with E-state index >= 15 is 0 Å². The number of anilines is 1. The van der Waals surface area contributed by atoms with E-state index in [1.54, 1.807) is 19.2 Å². The molecule has 6 heteroatoms. The highest BCUT2D eigenvalue weighted by Gasteiger charge is 2.11. The van der Waals surface area contributed by atoms with Gasteiger partial charge in [-0.1, -0.05) is 6.07 Å². The van der Waals surface area contributed by atoms with Gasteiger partial charge in [0.15, 0.2) is 5.70 Å². The summed E-state index contributed by atoms with van der Waals surface area (Å²) in [4.78, 5) is 15.1. The molecule has 0 saturated carbocycles. The lowest BCUT2D eigenvalue weighted by atomic mass is 10.1. The molecule has 0 amide bonds. The molecule has 0 spiro atoms. The van der Waals surface area contributed by atoms with E-state index in [4.69, 9.17) is 10.6 Å². The van der Waals surface area contributed by atoms with Crippen molar-refractivity contribution in [3.63, 3.8) is 0 Å². The van der Waals surface area contributed by atoms with E-state index in [1.165, 1.54) is 0 Å². The van der Waals surface area contributed by atoms with E-state index in [1.807, 2.05) is 24.3 Å². The summed E-state index contributed by atoms with van der Waals surface area (Å²) >= 11 is 0. The van der Waals surface area contributed by atoms with E-state index in [2.05, 4.69) is 15.4 Å². The molecular weight excluding hydrogens is 244 g/mol. The van der Waals surface area contributed by atoms with E-state index in [0.29, 0.717) is 5.70 Å². The molecule has 0 bridgehead atoms. The standard InChI is InChI=1S/C13H12N4O2/c1-8(12(17-14)13(18)19)16-11-6-2-5-10-9(11)4-3-7-15-10/h2-7,14,16H,1H3,(H,18,19)/b12-8-,17-14?. The minimum absolute atomic E-state index is 0.304. The third-order valence-corrected chi connectivity index (χ3v) is 2.64. The summed E-state index contributed by atoms with van der Waals surface area (Å²) in [5, 5.41) is 15.8. The van der Waals surface area contributed by atoms with Crippen molar-refractivity contribution in [2.75, 3.05) is 5.32 Å². The predicted molar refractivity (Wildman–Crippen MR) is 70.8 cm³/mol. The van der Waals surface area contributed by atoms with Crippen molar-refractivity contribution in [2.45, 2.75) is 6.92 Å². The minimum Gasteiger partial charge on any atom is -0.476 e. The number of rotatable bonds is 4. The zero-order chi connectivity index (χ0) is 13.8. The summed E-state index contributed by atoms with van der Waals surface area (Å²) < 4.78 is 0. The molecule has 1 aromatic carbocycles. The Bertz CT molecular complexity index is 674. The van der Waals surface area contributed by atoms with Gasteiger partial charge in [0.2, 0.25) is 0 Å². The number of carboxylic acid groups (broad SMARTS) is 1. The fourth-order valence-electron chi connectivity index (χ4n) is 1.77. The molecule has 6 nitrogen and oxygen atoms in total. The Morgan fingerprint density at radius 2 is 2.16 bits per heavy atom. The van der Waals surface area contributed by atoms with Gasteiger partial charge in [0, 0.05) is 23.0 Å². The molecule has 1 aromatic heterocycles. The molecule has 0 aliphatic carbocycles. The molecular formula is C13H12N4O2. The lowest BCUT2D eigenvalue weighted by molar-refractivity contribution is -0.132. The molecule has 96 valence electrons. The number of hydrogen-bond acceptors (Lipinski definition) is 5. The lowest BCUT2D eigenvalue weighted by Crippen LogP contribution is -2.06. The minimum atomic E-state index is -1.24. The van der Waals surface area contributed by atoms with E-state index in [-0.39, 0.29) is 5.70 Å². The van der Waals surface area contributed by atoms with E-state index in [0.717, 1.165) is 16.6 Å². The maximum absolute atomic E-state index is 10.9. The first-order chi connectivity index (χ1) is 9.13. The molecule has 19 heavy (non-hydrogen) atoms. The van der Waals surface area contributed by atoms with Gasteiger partial charge >= 0.3 is 5.97 Å². The molecule has 0 fully saturated rings. The van der Waals surface area contributed by atoms with E-state index < -0.39 is 5.97 Å². The quantitative estimate of drug-likeness (QED) is 0.578. The molecule has 0 aliphatic rings. The van der Waals surface area contributed by atoms with Crippen molar-refractivity contribution in [1.29, 1.82) is 5.53 Å². The van der Waals surface area contributed by atoms with Crippen LogP contribution in [0.4, 0.5) is 5.69 Å². The average molecular weight is 256 g/mol. The van der Waals surface area contributed by atoms with Crippen LogP contribution in [0.1, 0.15) is 6.92 Å². The second-order valence-electron chi connectivity index (χ2n) is 3.89. The Hall–Kier alpha value is -2.76. The third kappa shape index (κ3) is 2.57. The molecule has 2 rings (SSSR count). The van der Waals surface area contributed by atoms with Gasteiger partial charge in [-0.2, -0.15) is 0 Å². The fourth-order valence-corrected chi connectivity index (χ4v) is 1.77. The highest BCUT2D eigenvalue weighted by molar-refractivity contribution is 5.93. The molecule has 1 heterocycles. The van der Waals surface area contributed by atoms with Crippen LogP contribution in [0.25, 0.3) is 10.9 Å². The van der Waals surface area contributed by atoms with Crippen molar-refractivity contribution in [1.82, 2.24) is 4.98 Å². The number of nitrogens with zero attached hydrogens (tertiary/aromatic N) is 2. The van der Waals surface area contributed by atoms with Crippen LogP contribution in [0.2, 0.25) is 0 Å². The van der Waals surface area contributed by atoms with Crippen molar-refractivity contribution < 1.29 is 9.90 Å². The van der Waals surface area contributed by atoms with Crippen LogP contribution >= 0.6 is 0 Å². The Morgan fingerprint density at radius 1 is 1.37 bits per heavy atom. The molecule has 0 aliphatic heterocycles. The fraction of sp³-hybridized carbons (Fsp3) is 0.0769. The smallest absolute Gasteiger partial charge is 0.358 e. The van der Waals surface area contributed by atoms with Crippen LogP contribution in [0, 0.1) is 5.53 Å². The van der Waals surface area contributed by atoms with Crippen LogP contribution in [-0.4, -0.2) is 16.1 Å². The van der Waals surface area contributed by atoms with Gasteiger partial charge in [-0.3, -0.25) is 4.98 Å². The van der Waals surface area contributed by atoms with Crippen LogP contribution in [0.15, 0.2) is 53.0 Å². The summed E-state index contributed by atoms with van der Waals surface area (Å²) in [6.07, 6.45) is 1.69. The Morgan fingerprint density at radius 3 is 2.84 bits per heavy atom. The number of allylic oxidation sites excluding steroid dienone is 1. The molecule has 2 aromatic rings. The van der Waals surface area contributed by atoms with Gasteiger partial charge in [0.05, 0.1) is 5.52 Å². The second kappa shape index (κ2) is 5.26. The molecule has 0 unspecified atom stereocenters. The number of aliphatic carboxylic acids is 1. The average Bonchev–Trinajstić information content (AvgIpc) is 2.39. The van der Waals surface area contributed by atoms with Crippen LogP contribution in [0.5, 0.6) is 0 Å². The van der Waals surface area contributed by atoms with Gasteiger partial charge in [-0.15, -0.1) is 5.11 Å². The Balaban J connectivity index is 2.47. The third-order valence-electron chi connectivity index (χ3n) is 2.64. The molecule has 3 N–H and O–H groups in total. The topological polar surface area (TPSA) is 98.4 Å². The first-order valence-corrected chi connectivity index (χ1v) is 5.56. The van der Waals surface area contributed by atoms with Crippen LogP contribution < -0.4 is 5.32 Å². The molecule has 0 saturated heterocycles. The van der Waals surface area contributed by atoms with Crippen molar-refractivity contribution >= 4 is 22.6 Å².